The van der Waals surface area contributed by atoms with Crippen LogP contribution in [0.4, 0.5) is 0 Å². The number of rotatable bonds is 8. The predicted octanol–water partition coefficient (Wildman–Crippen LogP) is 2.24. The number of unbranched alkanes of at least 4 members (excludes halogenated alkanes) is 3. The van der Waals surface area contributed by atoms with Gasteiger partial charge in [-0.15, -0.1) is 0 Å². The van der Waals surface area contributed by atoms with Crippen molar-refractivity contribution in [2.24, 2.45) is 5.73 Å². The Balaban J connectivity index is 3.47. The van der Waals surface area contributed by atoms with E-state index in [2.05, 4.69) is 25.8 Å². The van der Waals surface area contributed by atoms with Crippen LogP contribution in [-0.2, 0) is 0 Å². The highest BCUT2D eigenvalue weighted by Gasteiger charge is 2.09. The predicted molar refractivity (Wildman–Crippen MR) is 59.9 cm³/mol. The van der Waals surface area contributed by atoms with E-state index in [1.807, 2.05) is 0 Å². The van der Waals surface area contributed by atoms with E-state index in [4.69, 9.17) is 5.73 Å². The topological polar surface area (TPSA) is 29.3 Å². The van der Waals surface area contributed by atoms with Crippen LogP contribution in [0.3, 0.4) is 0 Å². The maximum absolute atomic E-state index is 5.72. The van der Waals surface area contributed by atoms with E-state index in [-0.39, 0.29) is 0 Å². The normalized spacial score (nSPS) is 13.6. The zero-order chi connectivity index (χ0) is 10.1. The number of hydrogen-bond acceptors (Lipinski definition) is 2. The first-order valence-corrected chi connectivity index (χ1v) is 5.66. The van der Waals surface area contributed by atoms with Crippen molar-refractivity contribution in [2.75, 3.05) is 20.1 Å². The minimum atomic E-state index is 0.599. The molecule has 1 atom stereocenters. The molecule has 2 nitrogen and oxygen atoms in total. The lowest BCUT2D eigenvalue weighted by Gasteiger charge is -2.25. The van der Waals surface area contributed by atoms with Crippen LogP contribution in [0.15, 0.2) is 0 Å². The molecule has 0 bridgehead atoms. The van der Waals surface area contributed by atoms with Gasteiger partial charge in [-0.3, -0.25) is 0 Å². The van der Waals surface area contributed by atoms with Gasteiger partial charge < -0.3 is 10.6 Å². The van der Waals surface area contributed by atoms with Gasteiger partial charge in [-0.25, -0.2) is 0 Å². The summed E-state index contributed by atoms with van der Waals surface area (Å²) < 4.78 is 0. The van der Waals surface area contributed by atoms with Gasteiger partial charge in [0.25, 0.3) is 0 Å². The molecule has 2 N–H and O–H groups in total. The summed E-state index contributed by atoms with van der Waals surface area (Å²) in [5.74, 6) is 0. The SMILES string of the molecule is CCCCCCC(CN)N(C)CC. The van der Waals surface area contributed by atoms with E-state index >= 15 is 0 Å². The quantitative estimate of drug-likeness (QED) is 0.589. The number of nitrogens with two attached hydrogens (primary N) is 1. The average molecular weight is 186 g/mol. The monoisotopic (exact) mass is 186 g/mol. The summed E-state index contributed by atoms with van der Waals surface area (Å²) in [6, 6.07) is 0.599. The molecule has 0 aliphatic rings. The molecule has 13 heavy (non-hydrogen) atoms. The molecule has 0 aromatic carbocycles. The summed E-state index contributed by atoms with van der Waals surface area (Å²) in [4.78, 5) is 2.35. The second-order valence-electron chi connectivity index (χ2n) is 3.81. The Morgan fingerprint density at radius 3 is 2.31 bits per heavy atom. The second-order valence-corrected chi connectivity index (χ2v) is 3.81. The van der Waals surface area contributed by atoms with Crippen LogP contribution in [0.2, 0.25) is 0 Å². The van der Waals surface area contributed by atoms with Gasteiger partial charge in [0.05, 0.1) is 0 Å². The molecule has 0 aliphatic carbocycles. The van der Waals surface area contributed by atoms with Crippen molar-refractivity contribution in [2.45, 2.75) is 52.0 Å². The molecular formula is C11H26N2. The molecule has 0 fully saturated rings. The van der Waals surface area contributed by atoms with Gasteiger partial charge in [-0.05, 0) is 20.0 Å². The van der Waals surface area contributed by atoms with Gasteiger partial charge >= 0.3 is 0 Å². The summed E-state index contributed by atoms with van der Waals surface area (Å²) in [5.41, 5.74) is 5.72. The zero-order valence-electron chi connectivity index (χ0n) is 9.55. The van der Waals surface area contributed by atoms with Gasteiger partial charge in [0.1, 0.15) is 0 Å². The fourth-order valence-electron chi connectivity index (χ4n) is 1.58. The Hall–Kier alpha value is -0.0800. The number of likely N-dealkylation sites (N-methyl/N-ethyl adjacent to an activating group) is 1. The Morgan fingerprint density at radius 2 is 1.85 bits per heavy atom. The van der Waals surface area contributed by atoms with Crippen molar-refractivity contribution >= 4 is 0 Å². The standard InChI is InChI=1S/C11H26N2/c1-4-6-7-8-9-11(10-12)13(3)5-2/h11H,4-10,12H2,1-3H3. The van der Waals surface area contributed by atoms with Gasteiger partial charge in [0.15, 0.2) is 0 Å². The Bertz CT molecular complexity index is 104. The van der Waals surface area contributed by atoms with E-state index in [0.29, 0.717) is 6.04 Å². The van der Waals surface area contributed by atoms with Crippen LogP contribution in [-0.4, -0.2) is 31.1 Å². The van der Waals surface area contributed by atoms with Crippen LogP contribution in [0.1, 0.15) is 46.0 Å². The summed E-state index contributed by atoms with van der Waals surface area (Å²) in [6.45, 7) is 6.35. The molecule has 0 spiro atoms. The molecule has 0 radical (unpaired) electrons. The van der Waals surface area contributed by atoms with Crippen LogP contribution >= 0.6 is 0 Å². The van der Waals surface area contributed by atoms with E-state index < -0.39 is 0 Å². The fraction of sp³-hybridized carbons (Fsp3) is 1.00. The van der Waals surface area contributed by atoms with Crippen molar-refractivity contribution in [1.82, 2.24) is 4.90 Å². The van der Waals surface area contributed by atoms with Crippen molar-refractivity contribution in [3.63, 3.8) is 0 Å². The Kier molecular flexibility index (Phi) is 8.46. The molecule has 0 aromatic rings. The molecule has 0 aliphatic heterocycles. The molecule has 0 heterocycles. The van der Waals surface area contributed by atoms with E-state index in [1.54, 1.807) is 0 Å². The smallest absolute Gasteiger partial charge is 0.0215 e. The van der Waals surface area contributed by atoms with E-state index in [0.717, 1.165) is 13.1 Å². The summed E-state index contributed by atoms with van der Waals surface area (Å²) in [6.07, 6.45) is 6.65. The molecule has 80 valence electrons. The fourth-order valence-corrected chi connectivity index (χ4v) is 1.58. The summed E-state index contributed by atoms with van der Waals surface area (Å²) >= 11 is 0. The minimum Gasteiger partial charge on any atom is -0.329 e. The highest BCUT2D eigenvalue weighted by atomic mass is 15.1. The summed E-state index contributed by atoms with van der Waals surface area (Å²) in [5, 5.41) is 0. The third-order valence-electron chi connectivity index (χ3n) is 2.79. The third kappa shape index (κ3) is 6.05. The average Bonchev–Trinajstić information content (AvgIpc) is 2.17. The van der Waals surface area contributed by atoms with Gasteiger partial charge in [0.2, 0.25) is 0 Å². The number of hydrogen-bond donors (Lipinski definition) is 1. The Morgan fingerprint density at radius 1 is 1.15 bits per heavy atom. The van der Waals surface area contributed by atoms with Crippen LogP contribution in [0.5, 0.6) is 0 Å². The van der Waals surface area contributed by atoms with Crippen LogP contribution in [0, 0.1) is 0 Å². The molecule has 0 rings (SSSR count). The van der Waals surface area contributed by atoms with Crippen LogP contribution < -0.4 is 5.73 Å². The molecule has 0 saturated heterocycles. The van der Waals surface area contributed by atoms with Gasteiger partial charge in [0, 0.05) is 12.6 Å². The molecule has 0 amide bonds. The first-order chi connectivity index (χ1) is 6.26. The number of nitrogens with zero attached hydrogens (tertiary/aromatic N) is 1. The molecular weight excluding hydrogens is 160 g/mol. The lowest BCUT2D eigenvalue weighted by Crippen LogP contribution is -2.37. The largest absolute Gasteiger partial charge is 0.329 e. The molecule has 0 saturated carbocycles. The highest BCUT2D eigenvalue weighted by molar-refractivity contribution is 4.68. The van der Waals surface area contributed by atoms with Crippen LogP contribution in [0.25, 0.3) is 0 Å². The minimum absolute atomic E-state index is 0.599. The third-order valence-corrected chi connectivity index (χ3v) is 2.79. The lowest BCUT2D eigenvalue weighted by atomic mass is 10.1. The zero-order valence-corrected chi connectivity index (χ0v) is 9.55. The van der Waals surface area contributed by atoms with Crippen molar-refractivity contribution in [1.29, 1.82) is 0 Å². The van der Waals surface area contributed by atoms with Gasteiger partial charge in [-0.2, -0.15) is 0 Å². The van der Waals surface area contributed by atoms with E-state index in [1.165, 1.54) is 32.1 Å². The first kappa shape index (κ1) is 12.9. The van der Waals surface area contributed by atoms with Crippen molar-refractivity contribution in [3.05, 3.63) is 0 Å². The first-order valence-electron chi connectivity index (χ1n) is 5.66. The summed E-state index contributed by atoms with van der Waals surface area (Å²) in [7, 11) is 2.16. The Labute approximate surface area is 83.5 Å². The van der Waals surface area contributed by atoms with Gasteiger partial charge in [-0.1, -0.05) is 39.5 Å². The van der Waals surface area contributed by atoms with Crippen molar-refractivity contribution in [3.8, 4) is 0 Å². The lowest BCUT2D eigenvalue weighted by molar-refractivity contribution is 0.242. The second kappa shape index (κ2) is 8.52. The molecule has 2 heteroatoms. The molecule has 0 aromatic heterocycles. The maximum atomic E-state index is 5.72. The highest BCUT2D eigenvalue weighted by Crippen LogP contribution is 2.08. The van der Waals surface area contributed by atoms with Crippen molar-refractivity contribution < 1.29 is 0 Å². The maximum Gasteiger partial charge on any atom is 0.0215 e. The van der Waals surface area contributed by atoms with E-state index in [9.17, 15) is 0 Å². The molecule has 1 unspecified atom stereocenters.